The lowest BCUT2D eigenvalue weighted by Gasteiger charge is -2.17. The molecule has 3 N–H and O–H groups in total. The van der Waals surface area contributed by atoms with Crippen LogP contribution in [-0.4, -0.2) is 6.09 Å². The van der Waals surface area contributed by atoms with Gasteiger partial charge in [-0.1, -0.05) is 24.3 Å². The van der Waals surface area contributed by atoms with Crippen molar-refractivity contribution in [2.24, 2.45) is 5.84 Å². The summed E-state index contributed by atoms with van der Waals surface area (Å²) in [7, 11) is 0. The third-order valence-corrected chi connectivity index (χ3v) is 2.93. The Morgan fingerprint density at radius 1 is 1.38 bits per heavy atom. The number of carbonyl (C=O) groups is 1. The summed E-state index contributed by atoms with van der Waals surface area (Å²) < 4.78 is 5.27. The van der Waals surface area contributed by atoms with Gasteiger partial charge in [-0.3, -0.25) is 5.43 Å². The van der Waals surface area contributed by atoms with Crippen molar-refractivity contribution in [3.8, 4) is 0 Å². The van der Waals surface area contributed by atoms with Gasteiger partial charge in [0.25, 0.3) is 0 Å². The predicted molar refractivity (Wildman–Crippen MR) is 60.5 cm³/mol. The molecule has 1 atom stereocenters. The van der Waals surface area contributed by atoms with Gasteiger partial charge in [-0.25, -0.2) is 10.6 Å². The quantitative estimate of drug-likeness (QED) is 0.329. The maximum Gasteiger partial charge on any atom is 0.422 e. The Bertz CT molecular complexity index is 379. The number of rotatable bonds is 1. The van der Waals surface area contributed by atoms with E-state index in [9.17, 15) is 4.79 Å². The third kappa shape index (κ3) is 2.33. The Hall–Kier alpha value is -1.55. The van der Waals surface area contributed by atoms with E-state index >= 15 is 0 Å². The fraction of sp³-hybridized carbons (Fsp3) is 0.417. The Balaban J connectivity index is 2.22. The number of hydrogen-bond donors (Lipinski definition) is 2. The first-order chi connectivity index (χ1) is 7.81. The number of ether oxygens (including phenoxy) is 1. The molecule has 2 rings (SSSR count). The van der Waals surface area contributed by atoms with Crippen LogP contribution in [0.5, 0.6) is 0 Å². The van der Waals surface area contributed by atoms with Gasteiger partial charge in [0, 0.05) is 0 Å². The summed E-state index contributed by atoms with van der Waals surface area (Å²) >= 11 is 0. The van der Waals surface area contributed by atoms with E-state index < -0.39 is 6.09 Å². The number of benzene rings is 1. The van der Waals surface area contributed by atoms with Crippen molar-refractivity contribution < 1.29 is 9.53 Å². The molecule has 1 amide bonds. The number of aryl methyl sites for hydroxylation is 1. The molecule has 1 aromatic rings. The first-order valence-corrected chi connectivity index (χ1v) is 5.56. The average Bonchev–Trinajstić information content (AvgIpc) is 2.52. The highest BCUT2D eigenvalue weighted by Crippen LogP contribution is 2.31. The molecule has 4 nitrogen and oxygen atoms in total. The summed E-state index contributed by atoms with van der Waals surface area (Å²) in [5.41, 5.74) is 4.39. The highest BCUT2D eigenvalue weighted by Gasteiger charge is 2.21. The minimum atomic E-state index is -0.568. The zero-order chi connectivity index (χ0) is 11.4. The fourth-order valence-electron chi connectivity index (χ4n) is 2.16. The van der Waals surface area contributed by atoms with Crippen molar-refractivity contribution in [3.05, 3.63) is 35.4 Å². The van der Waals surface area contributed by atoms with Gasteiger partial charge in [0.1, 0.15) is 6.10 Å². The summed E-state index contributed by atoms with van der Waals surface area (Å²) in [6, 6.07) is 8.11. The molecule has 0 aromatic heterocycles. The van der Waals surface area contributed by atoms with E-state index in [0.717, 1.165) is 31.2 Å². The zero-order valence-corrected chi connectivity index (χ0v) is 9.11. The van der Waals surface area contributed by atoms with Crippen LogP contribution in [0.2, 0.25) is 0 Å². The fourth-order valence-corrected chi connectivity index (χ4v) is 2.16. The second kappa shape index (κ2) is 4.99. The van der Waals surface area contributed by atoms with Crippen LogP contribution in [0, 0.1) is 0 Å². The van der Waals surface area contributed by atoms with Crippen LogP contribution in [0.3, 0.4) is 0 Å². The molecule has 0 bridgehead atoms. The lowest BCUT2D eigenvalue weighted by Crippen LogP contribution is -2.31. The average molecular weight is 220 g/mol. The monoisotopic (exact) mass is 220 g/mol. The van der Waals surface area contributed by atoms with Crippen LogP contribution < -0.4 is 11.3 Å². The van der Waals surface area contributed by atoms with Crippen molar-refractivity contribution in [3.63, 3.8) is 0 Å². The molecule has 0 aliphatic heterocycles. The van der Waals surface area contributed by atoms with Crippen LogP contribution in [0.15, 0.2) is 24.3 Å². The van der Waals surface area contributed by atoms with Crippen LogP contribution in [-0.2, 0) is 11.2 Å². The van der Waals surface area contributed by atoms with Crippen molar-refractivity contribution in [1.29, 1.82) is 0 Å². The minimum absolute atomic E-state index is 0.165. The van der Waals surface area contributed by atoms with Gasteiger partial charge in [0.05, 0.1) is 0 Å². The van der Waals surface area contributed by atoms with E-state index in [-0.39, 0.29) is 6.10 Å². The minimum Gasteiger partial charge on any atom is -0.440 e. The lowest BCUT2D eigenvalue weighted by atomic mass is 10.0. The first kappa shape index (κ1) is 11.0. The highest BCUT2D eigenvalue weighted by atomic mass is 16.6. The number of nitrogens with one attached hydrogen (secondary N) is 1. The zero-order valence-electron chi connectivity index (χ0n) is 9.11. The van der Waals surface area contributed by atoms with Crippen molar-refractivity contribution >= 4 is 6.09 Å². The summed E-state index contributed by atoms with van der Waals surface area (Å²) in [6.45, 7) is 0. The molecule has 1 aliphatic carbocycles. The second-order valence-corrected chi connectivity index (χ2v) is 3.98. The number of hydrogen-bond acceptors (Lipinski definition) is 3. The molecule has 0 saturated heterocycles. The van der Waals surface area contributed by atoms with Gasteiger partial charge >= 0.3 is 6.09 Å². The lowest BCUT2D eigenvalue weighted by molar-refractivity contribution is 0.0922. The van der Waals surface area contributed by atoms with Gasteiger partial charge in [-0.15, -0.1) is 0 Å². The molecule has 1 aliphatic rings. The molecule has 0 heterocycles. The van der Waals surface area contributed by atoms with Crippen LogP contribution in [0.4, 0.5) is 4.79 Å². The number of carbonyl (C=O) groups excluding carboxylic acids is 1. The first-order valence-electron chi connectivity index (χ1n) is 5.56. The highest BCUT2D eigenvalue weighted by molar-refractivity contribution is 5.66. The SMILES string of the molecule is NNC(=O)OC1CCCCc2ccccc21. The molecule has 1 unspecified atom stereocenters. The van der Waals surface area contributed by atoms with Crippen molar-refractivity contribution in [2.75, 3.05) is 0 Å². The molecule has 86 valence electrons. The molecule has 0 spiro atoms. The summed E-state index contributed by atoms with van der Waals surface area (Å²) in [5.74, 6) is 5.02. The molecule has 0 radical (unpaired) electrons. The van der Waals surface area contributed by atoms with E-state index in [4.69, 9.17) is 10.6 Å². The number of hydrazine groups is 1. The van der Waals surface area contributed by atoms with E-state index in [1.54, 1.807) is 0 Å². The van der Waals surface area contributed by atoms with Gasteiger partial charge < -0.3 is 4.74 Å². The summed E-state index contributed by atoms with van der Waals surface area (Å²) in [5, 5.41) is 0. The molecule has 1 aromatic carbocycles. The molecule has 0 saturated carbocycles. The standard InChI is InChI=1S/C12H16N2O2/c13-14-12(15)16-11-8-4-2-6-9-5-1-3-7-10(9)11/h1,3,5,7,11H,2,4,6,8,13H2,(H,14,15). The second-order valence-electron chi connectivity index (χ2n) is 3.98. The summed E-state index contributed by atoms with van der Waals surface area (Å²) in [4.78, 5) is 11.1. The Morgan fingerprint density at radius 3 is 3.00 bits per heavy atom. The Morgan fingerprint density at radius 2 is 2.19 bits per heavy atom. The number of nitrogens with two attached hydrogens (primary N) is 1. The van der Waals surface area contributed by atoms with Gasteiger partial charge in [0.15, 0.2) is 0 Å². The van der Waals surface area contributed by atoms with Crippen molar-refractivity contribution in [1.82, 2.24) is 5.43 Å². The van der Waals surface area contributed by atoms with Crippen LogP contribution >= 0.6 is 0 Å². The van der Waals surface area contributed by atoms with Crippen LogP contribution in [0.25, 0.3) is 0 Å². The maximum absolute atomic E-state index is 11.1. The largest absolute Gasteiger partial charge is 0.440 e. The maximum atomic E-state index is 11.1. The third-order valence-electron chi connectivity index (χ3n) is 2.93. The van der Waals surface area contributed by atoms with E-state index in [0.29, 0.717) is 0 Å². The smallest absolute Gasteiger partial charge is 0.422 e. The van der Waals surface area contributed by atoms with Crippen LogP contribution in [0.1, 0.15) is 36.5 Å². The molecular formula is C12H16N2O2. The molecule has 16 heavy (non-hydrogen) atoms. The van der Waals surface area contributed by atoms with Crippen molar-refractivity contribution in [2.45, 2.75) is 31.8 Å². The van der Waals surface area contributed by atoms with Gasteiger partial charge in [0.2, 0.25) is 0 Å². The van der Waals surface area contributed by atoms with E-state index in [1.807, 2.05) is 23.6 Å². The number of amides is 1. The molecule has 4 heteroatoms. The molecular weight excluding hydrogens is 204 g/mol. The topological polar surface area (TPSA) is 64.3 Å². The predicted octanol–water partition coefficient (Wildman–Crippen LogP) is 2.05. The van der Waals surface area contributed by atoms with E-state index in [1.165, 1.54) is 5.56 Å². The normalized spacial score (nSPS) is 19.4. The summed E-state index contributed by atoms with van der Waals surface area (Å²) in [6.07, 6.45) is 3.40. The molecule has 0 fully saturated rings. The Labute approximate surface area is 94.8 Å². The number of fused-ring (bicyclic) bond motifs is 1. The van der Waals surface area contributed by atoms with Gasteiger partial charge in [-0.05, 0) is 36.8 Å². The van der Waals surface area contributed by atoms with Gasteiger partial charge in [-0.2, -0.15) is 0 Å². The Kier molecular flexibility index (Phi) is 3.41. The van der Waals surface area contributed by atoms with E-state index in [2.05, 4.69) is 6.07 Å².